The van der Waals surface area contributed by atoms with Crippen molar-refractivity contribution in [2.45, 2.75) is 6.61 Å². The van der Waals surface area contributed by atoms with Crippen LogP contribution in [0.3, 0.4) is 0 Å². The van der Waals surface area contributed by atoms with E-state index < -0.39 is 17.5 Å². The maximum Gasteiger partial charge on any atom is 0.138 e. The van der Waals surface area contributed by atoms with Crippen LogP contribution in [0.15, 0.2) is 36.4 Å². The number of hydrogen-bond acceptors (Lipinski definition) is 2. The normalized spacial score (nSPS) is 9.90. The number of rotatable bonds is 3. The molecule has 21 heavy (non-hydrogen) atoms. The van der Waals surface area contributed by atoms with Gasteiger partial charge < -0.3 is 10.5 Å². The summed E-state index contributed by atoms with van der Waals surface area (Å²) in [6, 6.07) is 6.93. The maximum atomic E-state index is 13.3. The number of nitrogens with two attached hydrogens (primary N) is 1. The summed E-state index contributed by atoms with van der Waals surface area (Å²) in [7, 11) is 0. The van der Waals surface area contributed by atoms with Gasteiger partial charge in [0.1, 0.15) is 29.8 Å². The fraction of sp³-hybridized carbons (Fsp3) is 0.125. The quantitative estimate of drug-likeness (QED) is 0.882. The molecule has 5 heteroatoms. The molecule has 0 unspecified atom stereocenters. The summed E-state index contributed by atoms with van der Waals surface area (Å²) in [6.07, 6.45) is 0. The van der Waals surface area contributed by atoms with Crippen molar-refractivity contribution in [3.05, 3.63) is 65.0 Å². The van der Waals surface area contributed by atoms with E-state index in [9.17, 15) is 13.2 Å². The van der Waals surface area contributed by atoms with Gasteiger partial charge >= 0.3 is 0 Å². The van der Waals surface area contributed by atoms with Crippen molar-refractivity contribution in [2.75, 3.05) is 6.54 Å². The molecule has 2 aromatic carbocycles. The molecule has 0 bridgehead atoms. The molecule has 2 aromatic rings. The first-order valence-electron chi connectivity index (χ1n) is 6.15. The highest BCUT2D eigenvalue weighted by Gasteiger charge is 2.06. The highest BCUT2D eigenvalue weighted by atomic mass is 19.1. The summed E-state index contributed by atoms with van der Waals surface area (Å²) in [5, 5.41) is 0. The zero-order valence-corrected chi connectivity index (χ0v) is 11.0. The summed E-state index contributed by atoms with van der Waals surface area (Å²) in [6.45, 7) is 0.0569. The van der Waals surface area contributed by atoms with Gasteiger partial charge in [0.15, 0.2) is 0 Å². The van der Waals surface area contributed by atoms with Crippen LogP contribution >= 0.6 is 0 Å². The molecular formula is C16H12F3NO. The highest BCUT2D eigenvalue weighted by Crippen LogP contribution is 2.21. The van der Waals surface area contributed by atoms with E-state index in [2.05, 4.69) is 11.8 Å². The van der Waals surface area contributed by atoms with Crippen molar-refractivity contribution in [3.8, 4) is 17.6 Å². The van der Waals surface area contributed by atoms with Crippen molar-refractivity contribution >= 4 is 0 Å². The van der Waals surface area contributed by atoms with Crippen molar-refractivity contribution < 1.29 is 17.9 Å². The average Bonchev–Trinajstić information content (AvgIpc) is 2.43. The van der Waals surface area contributed by atoms with Crippen LogP contribution in [0.25, 0.3) is 0 Å². The van der Waals surface area contributed by atoms with Crippen LogP contribution in [0, 0.1) is 29.3 Å². The highest BCUT2D eigenvalue weighted by molar-refractivity contribution is 5.46. The molecule has 0 aliphatic rings. The fourth-order valence-corrected chi connectivity index (χ4v) is 1.72. The van der Waals surface area contributed by atoms with Gasteiger partial charge in [-0.3, -0.25) is 0 Å². The Kier molecular flexibility index (Phi) is 4.85. The van der Waals surface area contributed by atoms with E-state index in [0.717, 1.165) is 24.3 Å². The van der Waals surface area contributed by atoms with E-state index in [1.54, 1.807) is 0 Å². The van der Waals surface area contributed by atoms with Gasteiger partial charge in [0.2, 0.25) is 0 Å². The molecule has 0 spiro atoms. The molecule has 2 N–H and O–H groups in total. The molecule has 0 fully saturated rings. The Morgan fingerprint density at radius 1 is 0.952 bits per heavy atom. The summed E-state index contributed by atoms with van der Waals surface area (Å²) < 4.78 is 44.8. The van der Waals surface area contributed by atoms with Crippen LogP contribution in [0.5, 0.6) is 5.75 Å². The van der Waals surface area contributed by atoms with E-state index in [4.69, 9.17) is 10.5 Å². The first-order chi connectivity index (χ1) is 10.1. The summed E-state index contributed by atoms with van der Waals surface area (Å²) in [5.41, 5.74) is 6.04. The molecule has 0 radical (unpaired) electrons. The molecular weight excluding hydrogens is 279 g/mol. The molecule has 0 amide bonds. The Bertz CT molecular complexity index is 684. The zero-order valence-electron chi connectivity index (χ0n) is 11.0. The predicted octanol–water partition coefficient (Wildman–Crippen LogP) is 2.99. The second kappa shape index (κ2) is 6.82. The Morgan fingerprint density at radius 3 is 2.33 bits per heavy atom. The smallest absolute Gasteiger partial charge is 0.138 e. The molecule has 0 aliphatic carbocycles. The van der Waals surface area contributed by atoms with Gasteiger partial charge in [-0.15, -0.1) is 0 Å². The summed E-state index contributed by atoms with van der Waals surface area (Å²) in [4.78, 5) is 0. The van der Waals surface area contributed by atoms with Gasteiger partial charge in [-0.25, -0.2) is 13.2 Å². The van der Waals surface area contributed by atoms with E-state index in [-0.39, 0.29) is 18.9 Å². The number of benzene rings is 2. The van der Waals surface area contributed by atoms with Crippen molar-refractivity contribution in [1.29, 1.82) is 0 Å². The van der Waals surface area contributed by atoms with E-state index in [1.165, 1.54) is 12.1 Å². The Labute approximate surface area is 120 Å². The minimum Gasteiger partial charge on any atom is -0.487 e. The monoisotopic (exact) mass is 291 g/mol. The zero-order chi connectivity index (χ0) is 15.2. The third-order valence-corrected chi connectivity index (χ3v) is 2.59. The first kappa shape index (κ1) is 14.9. The molecule has 0 saturated heterocycles. The topological polar surface area (TPSA) is 35.2 Å². The lowest BCUT2D eigenvalue weighted by Crippen LogP contribution is -2.00. The Morgan fingerprint density at radius 2 is 1.67 bits per heavy atom. The minimum absolute atomic E-state index is 0.102. The van der Waals surface area contributed by atoms with E-state index >= 15 is 0 Å². The van der Waals surface area contributed by atoms with Crippen molar-refractivity contribution in [1.82, 2.24) is 0 Å². The van der Waals surface area contributed by atoms with E-state index in [0.29, 0.717) is 11.1 Å². The molecule has 0 heterocycles. The third-order valence-electron chi connectivity index (χ3n) is 2.59. The van der Waals surface area contributed by atoms with Crippen LogP contribution in [0.1, 0.15) is 11.1 Å². The largest absolute Gasteiger partial charge is 0.487 e. The van der Waals surface area contributed by atoms with Gasteiger partial charge in [-0.2, -0.15) is 0 Å². The molecule has 2 rings (SSSR count). The lowest BCUT2D eigenvalue weighted by molar-refractivity contribution is 0.302. The van der Waals surface area contributed by atoms with Gasteiger partial charge in [-0.05, 0) is 29.8 Å². The molecule has 108 valence electrons. The number of hydrogen-bond donors (Lipinski definition) is 1. The molecule has 0 aliphatic heterocycles. The van der Waals surface area contributed by atoms with Crippen LogP contribution in [-0.2, 0) is 6.61 Å². The number of halogens is 3. The van der Waals surface area contributed by atoms with E-state index in [1.807, 2.05) is 0 Å². The lowest BCUT2D eigenvalue weighted by Gasteiger charge is -2.09. The number of ether oxygens (including phenoxy) is 1. The predicted molar refractivity (Wildman–Crippen MR) is 73.0 cm³/mol. The second-order valence-electron chi connectivity index (χ2n) is 4.21. The second-order valence-corrected chi connectivity index (χ2v) is 4.21. The maximum absolute atomic E-state index is 13.3. The average molecular weight is 291 g/mol. The lowest BCUT2D eigenvalue weighted by atomic mass is 10.2. The van der Waals surface area contributed by atoms with Crippen LogP contribution in [0.4, 0.5) is 13.2 Å². The van der Waals surface area contributed by atoms with Gasteiger partial charge in [0.05, 0.1) is 12.1 Å². The molecule has 2 nitrogen and oxygen atoms in total. The molecule has 0 aromatic heterocycles. The summed E-state index contributed by atoms with van der Waals surface area (Å²) >= 11 is 0. The summed E-state index contributed by atoms with van der Waals surface area (Å²) in [5.74, 6) is 3.69. The van der Waals surface area contributed by atoms with Crippen LogP contribution in [-0.4, -0.2) is 6.54 Å². The fourth-order valence-electron chi connectivity index (χ4n) is 1.72. The Hall–Kier alpha value is -2.45. The van der Waals surface area contributed by atoms with Crippen LogP contribution < -0.4 is 10.5 Å². The van der Waals surface area contributed by atoms with Gasteiger partial charge in [-0.1, -0.05) is 11.8 Å². The minimum atomic E-state index is -0.698. The van der Waals surface area contributed by atoms with Crippen LogP contribution in [0.2, 0.25) is 0 Å². The SMILES string of the molecule is NCC#Cc1ccc(F)cc1OCc1cc(F)cc(F)c1. The molecule has 0 atom stereocenters. The molecule has 0 saturated carbocycles. The van der Waals surface area contributed by atoms with Crippen molar-refractivity contribution in [3.63, 3.8) is 0 Å². The third kappa shape index (κ3) is 4.26. The van der Waals surface area contributed by atoms with Crippen molar-refractivity contribution in [2.24, 2.45) is 5.73 Å². The first-order valence-corrected chi connectivity index (χ1v) is 6.15. The Balaban J connectivity index is 2.20. The standard InChI is InChI=1S/C16H12F3NO/c17-13-4-3-12(2-1-5-20)16(9-13)21-10-11-6-14(18)8-15(19)7-11/h3-4,6-9H,5,10,20H2. The van der Waals surface area contributed by atoms with Gasteiger partial charge in [0.25, 0.3) is 0 Å². The van der Waals surface area contributed by atoms with Gasteiger partial charge in [0, 0.05) is 12.1 Å².